The lowest BCUT2D eigenvalue weighted by Crippen LogP contribution is -2.56. The summed E-state index contributed by atoms with van der Waals surface area (Å²) in [6, 6.07) is -4.89. The van der Waals surface area contributed by atoms with Crippen molar-refractivity contribution in [3.63, 3.8) is 0 Å². The summed E-state index contributed by atoms with van der Waals surface area (Å²) in [5.41, 5.74) is 11.0. The number of carbonyl (C=O) groups is 6. The lowest BCUT2D eigenvalue weighted by Gasteiger charge is -2.23. The molecule has 14 heteroatoms. The van der Waals surface area contributed by atoms with E-state index in [9.17, 15) is 33.9 Å². The van der Waals surface area contributed by atoms with Crippen LogP contribution < -0.4 is 27.4 Å². The Morgan fingerprint density at radius 3 is 1.79 bits per heavy atom. The fourth-order valence-corrected chi connectivity index (χ4v) is 2.65. The van der Waals surface area contributed by atoms with Crippen molar-refractivity contribution in [1.82, 2.24) is 16.0 Å². The largest absolute Gasteiger partial charge is 0.481 e. The van der Waals surface area contributed by atoms with Crippen molar-refractivity contribution >= 4 is 35.6 Å². The maximum atomic E-state index is 12.6. The molecule has 0 bridgehead atoms. The first-order valence-corrected chi connectivity index (χ1v) is 10.4. The van der Waals surface area contributed by atoms with Crippen LogP contribution in [-0.2, 0) is 28.8 Å². The zero-order chi connectivity index (χ0) is 25.6. The second-order valence-electron chi connectivity index (χ2n) is 7.45. The van der Waals surface area contributed by atoms with Crippen LogP contribution in [0.15, 0.2) is 0 Å². The van der Waals surface area contributed by atoms with E-state index in [-0.39, 0.29) is 25.7 Å². The van der Waals surface area contributed by atoms with Crippen LogP contribution in [0, 0.1) is 0 Å². The molecule has 0 saturated carbocycles. The summed E-state index contributed by atoms with van der Waals surface area (Å²) in [6.07, 6.45) is -0.196. The molecule has 0 aliphatic rings. The Kier molecular flexibility index (Phi) is 14.0. The number of unbranched alkanes of at least 4 members (excludes halogenated alkanes) is 1. The van der Waals surface area contributed by atoms with Gasteiger partial charge in [-0.1, -0.05) is 0 Å². The summed E-state index contributed by atoms with van der Waals surface area (Å²) >= 11 is 0. The number of aliphatic carboxylic acids is 3. The van der Waals surface area contributed by atoms with Gasteiger partial charge in [-0.05, 0) is 45.6 Å². The number of nitrogens with one attached hydrogen (secondary N) is 3. The second kappa shape index (κ2) is 15.5. The third-order valence-electron chi connectivity index (χ3n) is 4.60. The molecule has 188 valence electrons. The Morgan fingerprint density at radius 1 is 0.727 bits per heavy atom. The number of hydrogen-bond acceptors (Lipinski definition) is 8. The van der Waals surface area contributed by atoms with Gasteiger partial charge < -0.3 is 42.7 Å². The molecular weight excluding hydrogens is 442 g/mol. The average molecular weight is 475 g/mol. The molecule has 0 heterocycles. The van der Waals surface area contributed by atoms with E-state index in [1.54, 1.807) is 0 Å². The molecule has 0 aliphatic heterocycles. The summed E-state index contributed by atoms with van der Waals surface area (Å²) in [5, 5.41) is 33.6. The molecule has 0 aromatic heterocycles. The fourth-order valence-electron chi connectivity index (χ4n) is 2.65. The topological polar surface area (TPSA) is 251 Å². The molecule has 0 rings (SSSR count). The predicted molar refractivity (Wildman–Crippen MR) is 114 cm³/mol. The second-order valence-corrected chi connectivity index (χ2v) is 7.45. The van der Waals surface area contributed by atoms with Crippen LogP contribution in [0.2, 0.25) is 0 Å². The minimum Gasteiger partial charge on any atom is -0.481 e. The third-order valence-corrected chi connectivity index (χ3v) is 4.60. The zero-order valence-electron chi connectivity index (χ0n) is 18.4. The van der Waals surface area contributed by atoms with Gasteiger partial charge in [0.2, 0.25) is 17.7 Å². The van der Waals surface area contributed by atoms with Crippen LogP contribution >= 0.6 is 0 Å². The highest BCUT2D eigenvalue weighted by molar-refractivity contribution is 5.94. The summed E-state index contributed by atoms with van der Waals surface area (Å²) in [4.78, 5) is 69.7. The minimum absolute atomic E-state index is 0.124. The Bertz CT molecular complexity index is 716. The Balaban J connectivity index is 5.11. The predicted octanol–water partition coefficient (Wildman–Crippen LogP) is -2.27. The normalized spacial score (nSPS) is 14.3. The molecular formula is C19H33N5O9. The lowest BCUT2D eigenvalue weighted by molar-refractivity contribution is -0.143. The maximum Gasteiger partial charge on any atom is 0.326 e. The summed E-state index contributed by atoms with van der Waals surface area (Å²) < 4.78 is 0. The molecule has 0 aromatic carbocycles. The van der Waals surface area contributed by atoms with Crippen LogP contribution in [0.3, 0.4) is 0 Å². The number of hydrogen-bond donors (Lipinski definition) is 8. The molecule has 0 aromatic rings. The van der Waals surface area contributed by atoms with Crippen LogP contribution in [0.5, 0.6) is 0 Å². The van der Waals surface area contributed by atoms with E-state index in [0.717, 1.165) is 0 Å². The SMILES string of the molecule is CC(NC(=O)C(N)CCC(=O)O)C(=O)NC(CCCCN)C(=O)NC(CCC(=O)O)C(=O)O. The van der Waals surface area contributed by atoms with Gasteiger partial charge in [-0.2, -0.15) is 0 Å². The quantitative estimate of drug-likeness (QED) is 0.104. The third kappa shape index (κ3) is 13.0. The van der Waals surface area contributed by atoms with Crippen molar-refractivity contribution in [2.45, 2.75) is 76.0 Å². The highest BCUT2D eigenvalue weighted by Crippen LogP contribution is 2.05. The molecule has 0 radical (unpaired) electrons. The molecule has 33 heavy (non-hydrogen) atoms. The van der Waals surface area contributed by atoms with Gasteiger partial charge in [-0.25, -0.2) is 4.79 Å². The number of carboxylic acid groups (broad SMARTS) is 3. The zero-order valence-corrected chi connectivity index (χ0v) is 18.4. The monoisotopic (exact) mass is 475 g/mol. The van der Waals surface area contributed by atoms with E-state index in [2.05, 4.69) is 16.0 Å². The fraction of sp³-hybridized carbons (Fsp3) is 0.684. The summed E-state index contributed by atoms with van der Waals surface area (Å²) in [7, 11) is 0. The van der Waals surface area contributed by atoms with Crippen molar-refractivity contribution in [1.29, 1.82) is 0 Å². The standard InChI is InChI=1S/C19H33N5O9/c1-10(22-17(30)11(21)5-7-14(25)26)16(29)23-12(4-2-3-9-20)18(31)24-13(19(32)33)6-8-15(27)28/h10-13H,2-9,20-21H2,1H3,(H,22,30)(H,23,29)(H,24,31)(H,25,26)(H,27,28)(H,32,33). The van der Waals surface area contributed by atoms with Crippen LogP contribution in [0.25, 0.3) is 0 Å². The van der Waals surface area contributed by atoms with Gasteiger partial charge in [0.25, 0.3) is 0 Å². The Labute approximate surface area is 190 Å². The molecule has 10 N–H and O–H groups in total. The number of carbonyl (C=O) groups excluding carboxylic acids is 3. The highest BCUT2D eigenvalue weighted by Gasteiger charge is 2.28. The minimum atomic E-state index is -1.47. The number of rotatable bonds is 17. The number of nitrogens with two attached hydrogens (primary N) is 2. The first-order valence-electron chi connectivity index (χ1n) is 10.4. The first kappa shape index (κ1) is 29.7. The van der Waals surface area contributed by atoms with Crippen molar-refractivity contribution in [3.05, 3.63) is 0 Å². The van der Waals surface area contributed by atoms with E-state index in [4.69, 9.17) is 21.7 Å². The first-order chi connectivity index (χ1) is 15.4. The molecule has 0 saturated heterocycles. The van der Waals surface area contributed by atoms with Gasteiger partial charge >= 0.3 is 17.9 Å². The molecule has 0 spiro atoms. The van der Waals surface area contributed by atoms with Crippen molar-refractivity contribution in [3.8, 4) is 0 Å². The van der Waals surface area contributed by atoms with Gasteiger partial charge in [0.05, 0.1) is 6.04 Å². The average Bonchev–Trinajstić information content (AvgIpc) is 2.73. The van der Waals surface area contributed by atoms with Gasteiger partial charge in [0.15, 0.2) is 0 Å². The van der Waals surface area contributed by atoms with E-state index in [0.29, 0.717) is 19.4 Å². The summed E-state index contributed by atoms with van der Waals surface area (Å²) in [6.45, 7) is 1.66. The van der Waals surface area contributed by atoms with E-state index in [1.807, 2.05) is 0 Å². The van der Waals surface area contributed by atoms with E-state index >= 15 is 0 Å². The van der Waals surface area contributed by atoms with Gasteiger partial charge in [-0.3, -0.25) is 24.0 Å². The van der Waals surface area contributed by atoms with Crippen molar-refractivity contribution < 1.29 is 44.1 Å². The van der Waals surface area contributed by atoms with Crippen LogP contribution in [-0.4, -0.2) is 81.7 Å². The molecule has 4 unspecified atom stereocenters. The Morgan fingerprint density at radius 2 is 1.27 bits per heavy atom. The van der Waals surface area contributed by atoms with Crippen molar-refractivity contribution in [2.24, 2.45) is 11.5 Å². The molecule has 0 fully saturated rings. The Hall–Kier alpha value is -3.26. The maximum absolute atomic E-state index is 12.6. The molecule has 0 aliphatic carbocycles. The molecule has 14 nitrogen and oxygen atoms in total. The van der Waals surface area contributed by atoms with Crippen molar-refractivity contribution in [2.75, 3.05) is 6.54 Å². The number of carboxylic acids is 3. The van der Waals surface area contributed by atoms with Gasteiger partial charge in [0.1, 0.15) is 18.1 Å². The van der Waals surface area contributed by atoms with E-state index in [1.165, 1.54) is 6.92 Å². The van der Waals surface area contributed by atoms with Gasteiger partial charge in [-0.15, -0.1) is 0 Å². The van der Waals surface area contributed by atoms with Crippen LogP contribution in [0.1, 0.15) is 51.9 Å². The van der Waals surface area contributed by atoms with Crippen LogP contribution in [0.4, 0.5) is 0 Å². The summed E-state index contributed by atoms with van der Waals surface area (Å²) in [5.74, 6) is -6.10. The molecule has 4 atom stereocenters. The van der Waals surface area contributed by atoms with E-state index < -0.39 is 66.2 Å². The highest BCUT2D eigenvalue weighted by atomic mass is 16.4. The van der Waals surface area contributed by atoms with Gasteiger partial charge in [0, 0.05) is 12.8 Å². The number of amides is 3. The molecule has 3 amide bonds. The lowest BCUT2D eigenvalue weighted by atomic mass is 10.1. The smallest absolute Gasteiger partial charge is 0.326 e.